The molecule has 2 N–H and O–H groups in total. The molecule has 0 unspecified atom stereocenters. The van der Waals surface area contributed by atoms with E-state index in [0.717, 1.165) is 25.8 Å². The molecule has 0 heterocycles. The van der Waals surface area contributed by atoms with Crippen LogP contribution in [0, 0.1) is 0 Å². The van der Waals surface area contributed by atoms with Gasteiger partial charge in [-0.2, -0.15) is 0 Å². The van der Waals surface area contributed by atoms with Crippen molar-refractivity contribution in [3.05, 3.63) is 0 Å². The SMILES string of the molecule is CCCOC(=O)NCCCCNC(C)(C)C. The lowest BCUT2D eigenvalue weighted by atomic mass is 10.1. The summed E-state index contributed by atoms with van der Waals surface area (Å²) in [5.74, 6) is 0. The molecule has 0 rings (SSSR count). The predicted octanol–water partition coefficient (Wildman–Crippen LogP) is 2.29. The average Bonchev–Trinajstić information content (AvgIpc) is 2.18. The second kappa shape index (κ2) is 8.39. The number of hydrogen-bond donors (Lipinski definition) is 2. The zero-order valence-corrected chi connectivity index (χ0v) is 11.1. The summed E-state index contributed by atoms with van der Waals surface area (Å²) in [5.41, 5.74) is 0.174. The van der Waals surface area contributed by atoms with Crippen LogP contribution >= 0.6 is 0 Å². The third-order valence-corrected chi connectivity index (χ3v) is 1.97. The lowest BCUT2D eigenvalue weighted by Gasteiger charge is -2.20. The maximum absolute atomic E-state index is 11.0. The van der Waals surface area contributed by atoms with Crippen LogP contribution < -0.4 is 10.6 Å². The van der Waals surface area contributed by atoms with Gasteiger partial charge in [0.2, 0.25) is 0 Å². The summed E-state index contributed by atoms with van der Waals surface area (Å²) < 4.78 is 4.89. The molecule has 0 aromatic rings. The summed E-state index contributed by atoms with van der Waals surface area (Å²) in [7, 11) is 0. The molecule has 0 bridgehead atoms. The number of amides is 1. The van der Waals surface area contributed by atoms with E-state index in [-0.39, 0.29) is 11.6 Å². The van der Waals surface area contributed by atoms with E-state index in [4.69, 9.17) is 4.74 Å². The Morgan fingerprint density at radius 3 is 2.38 bits per heavy atom. The first kappa shape index (κ1) is 15.2. The van der Waals surface area contributed by atoms with E-state index in [1.807, 2.05) is 6.92 Å². The summed E-state index contributed by atoms with van der Waals surface area (Å²) in [6.07, 6.45) is 2.60. The van der Waals surface area contributed by atoms with Crippen LogP contribution in [0.3, 0.4) is 0 Å². The first-order valence-corrected chi connectivity index (χ1v) is 6.11. The minimum atomic E-state index is -0.300. The number of unbranched alkanes of at least 4 members (excludes halogenated alkanes) is 1. The van der Waals surface area contributed by atoms with Crippen LogP contribution in [0.5, 0.6) is 0 Å². The van der Waals surface area contributed by atoms with Gasteiger partial charge in [-0.25, -0.2) is 4.79 Å². The third-order valence-electron chi connectivity index (χ3n) is 1.97. The van der Waals surface area contributed by atoms with Crippen molar-refractivity contribution < 1.29 is 9.53 Å². The second-order valence-corrected chi connectivity index (χ2v) is 4.95. The molecule has 1 amide bonds. The van der Waals surface area contributed by atoms with E-state index in [9.17, 15) is 4.79 Å². The van der Waals surface area contributed by atoms with Gasteiger partial charge in [0.05, 0.1) is 6.61 Å². The highest BCUT2D eigenvalue weighted by Gasteiger charge is 2.07. The molecule has 96 valence electrons. The number of carbonyl (C=O) groups excluding carboxylic acids is 1. The van der Waals surface area contributed by atoms with E-state index >= 15 is 0 Å². The standard InChI is InChI=1S/C12H26N2O2/c1-5-10-16-11(15)13-8-6-7-9-14-12(2,3)4/h14H,5-10H2,1-4H3,(H,13,15). The van der Waals surface area contributed by atoms with Crippen molar-refractivity contribution >= 4 is 6.09 Å². The Morgan fingerprint density at radius 1 is 1.19 bits per heavy atom. The highest BCUT2D eigenvalue weighted by atomic mass is 16.5. The molecule has 0 aliphatic heterocycles. The Kier molecular flexibility index (Phi) is 7.99. The molecule has 0 atom stereocenters. The molecule has 0 fully saturated rings. The number of carbonyl (C=O) groups is 1. The van der Waals surface area contributed by atoms with Crippen molar-refractivity contribution in [2.75, 3.05) is 19.7 Å². The van der Waals surface area contributed by atoms with Crippen LogP contribution in [0.2, 0.25) is 0 Å². The first-order chi connectivity index (χ1) is 7.45. The quantitative estimate of drug-likeness (QED) is 0.660. The van der Waals surface area contributed by atoms with Gasteiger partial charge in [0.25, 0.3) is 0 Å². The average molecular weight is 230 g/mol. The van der Waals surface area contributed by atoms with E-state index in [1.165, 1.54) is 0 Å². The van der Waals surface area contributed by atoms with Crippen molar-refractivity contribution in [1.29, 1.82) is 0 Å². The van der Waals surface area contributed by atoms with E-state index in [2.05, 4.69) is 31.4 Å². The summed E-state index contributed by atoms with van der Waals surface area (Å²) in [6, 6.07) is 0. The number of ether oxygens (including phenoxy) is 1. The Hall–Kier alpha value is -0.770. The molecule has 0 saturated carbocycles. The summed E-state index contributed by atoms with van der Waals surface area (Å²) >= 11 is 0. The van der Waals surface area contributed by atoms with Crippen LogP contribution in [0.4, 0.5) is 4.79 Å². The molecule has 16 heavy (non-hydrogen) atoms. The predicted molar refractivity (Wildman–Crippen MR) is 66.6 cm³/mol. The van der Waals surface area contributed by atoms with Gasteiger partial charge in [0.1, 0.15) is 0 Å². The lowest BCUT2D eigenvalue weighted by molar-refractivity contribution is 0.146. The van der Waals surface area contributed by atoms with Crippen molar-refractivity contribution in [2.45, 2.75) is 52.5 Å². The van der Waals surface area contributed by atoms with Gasteiger partial charge in [-0.05, 0) is 46.6 Å². The van der Waals surface area contributed by atoms with Crippen molar-refractivity contribution in [2.24, 2.45) is 0 Å². The summed E-state index contributed by atoms with van der Waals surface area (Å²) in [6.45, 7) is 10.6. The maximum atomic E-state index is 11.0. The topological polar surface area (TPSA) is 50.4 Å². The van der Waals surface area contributed by atoms with Gasteiger partial charge in [-0.3, -0.25) is 0 Å². The van der Waals surface area contributed by atoms with Gasteiger partial charge in [-0.15, -0.1) is 0 Å². The maximum Gasteiger partial charge on any atom is 0.407 e. The van der Waals surface area contributed by atoms with E-state index in [1.54, 1.807) is 0 Å². The molecular formula is C12H26N2O2. The normalized spacial score (nSPS) is 11.2. The molecule has 0 aromatic heterocycles. The molecule has 0 saturated heterocycles. The van der Waals surface area contributed by atoms with Crippen LogP contribution in [-0.4, -0.2) is 31.3 Å². The molecule has 0 aliphatic carbocycles. The Balaban J connectivity index is 3.24. The number of alkyl carbamates (subject to hydrolysis) is 1. The largest absolute Gasteiger partial charge is 0.450 e. The van der Waals surface area contributed by atoms with Gasteiger partial charge in [-0.1, -0.05) is 6.92 Å². The first-order valence-electron chi connectivity index (χ1n) is 6.11. The fourth-order valence-electron chi connectivity index (χ4n) is 1.15. The fraction of sp³-hybridized carbons (Fsp3) is 0.917. The van der Waals surface area contributed by atoms with Crippen LogP contribution in [0.1, 0.15) is 47.0 Å². The minimum absolute atomic E-state index is 0.174. The molecule has 0 radical (unpaired) electrons. The Morgan fingerprint density at radius 2 is 1.81 bits per heavy atom. The van der Waals surface area contributed by atoms with Gasteiger partial charge in [0, 0.05) is 12.1 Å². The molecule has 0 aliphatic rings. The third kappa shape index (κ3) is 11.3. The van der Waals surface area contributed by atoms with Gasteiger partial charge < -0.3 is 15.4 Å². The second-order valence-electron chi connectivity index (χ2n) is 4.95. The molecule has 0 spiro atoms. The molecular weight excluding hydrogens is 204 g/mol. The highest BCUT2D eigenvalue weighted by Crippen LogP contribution is 1.98. The molecule has 4 nitrogen and oxygen atoms in total. The lowest BCUT2D eigenvalue weighted by Crippen LogP contribution is -2.36. The zero-order valence-electron chi connectivity index (χ0n) is 11.1. The smallest absolute Gasteiger partial charge is 0.407 e. The Labute approximate surface area is 99.1 Å². The van der Waals surface area contributed by atoms with Crippen LogP contribution in [0.15, 0.2) is 0 Å². The summed E-state index contributed by atoms with van der Waals surface area (Å²) in [4.78, 5) is 11.0. The zero-order chi connectivity index (χ0) is 12.4. The molecule has 4 heteroatoms. The number of hydrogen-bond acceptors (Lipinski definition) is 3. The van der Waals surface area contributed by atoms with Crippen molar-refractivity contribution in [3.8, 4) is 0 Å². The van der Waals surface area contributed by atoms with E-state index in [0.29, 0.717) is 13.2 Å². The van der Waals surface area contributed by atoms with Crippen molar-refractivity contribution in [3.63, 3.8) is 0 Å². The van der Waals surface area contributed by atoms with E-state index < -0.39 is 0 Å². The monoisotopic (exact) mass is 230 g/mol. The van der Waals surface area contributed by atoms with Crippen molar-refractivity contribution in [1.82, 2.24) is 10.6 Å². The van der Waals surface area contributed by atoms with Crippen LogP contribution in [0.25, 0.3) is 0 Å². The number of rotatable bonds is 7. The Bertz CT molecular complexity index is 188. The van der Waals surface area contributed by atoms with Crippen LogP contribution in [-0.2, 0) is 4.74 Å². The van der Waals surface area contributed by atoms with Gasteiger partial charge in [0.15, 0.2) is 0 Å². The van der Waals surface area contributed by atoms with Gasteiger partial charge >= 0.3 is 6.09 Å². The summed E-state index contributed by atoms with van der Waals surface area (Å²) in [5, 5.41) is 6.13. The number of nitrogens with one attached hydrogen (secondary N) is 2. The fourth-order valence-corrected chi connectivity index (χ4v) is 1.15. The minimum Gasteiger partial charge on any atom is -0.450 e. The highest BCUT2D eigenvalue weighted by molar-refractivity contribution is 5.66. The molecule has 0 aromatic carbocycles.